The standard InChI is InChI=1S/C17H21N3S/c1-3-18-14(12-17-19-9-10-20(17)4-2)16-11-13-7-5-6-8-15(13)21-16/h5-11,14,18H,3-4,12H2,1-2H3. The number of hydrogen-bond donors (Lipinski definition) is 1. The number of hydrogen-bond acceptors (Lipinski definition) is 3. The summed E-state index contributed by atoms with van der Waals surface area (Å²) in [4.78, 5) is 5.91. The van der Waals surface area contributed by atoms with Gasteiger partial charge in [-0.05, 0) is 31.0 Å². The first-order valence-corrected chi connectivity index (χ1v) is 8.35. The van der Waals surface area contributed by atoms with E-state index in [0.29, 0.717) is 6.04 Å². The molecule has 1 atom stereocenters. The van der Waals surface area contributed by atoms with Crippen LogP contribution in [0.5, 0.6) is 0 Å². The highest BCUT2D eigenvalue weighted by Crippen LogP contribution is 2.31. The molecule has 0 aliphatic carbocycles. The molecular weight excluding hydrogens is 278 g/mol. The zero-order chi connectivity index (χ0) is 14.7. The lowest BCUT2D eigenvalue weighted by molar-refractivity contribution is 0.529. The topological polar surface area (TPSA) is 29.9 Å². The quantitative estimate of drug-likeness (QED) is 0.745. The van der Waals surface area contributed by atoms with Gasteiger partial charge in [0.25, 0.3) is 0 Å². The molecule has 0 saturated heterocycles. The largest absolute Gasteiger partial charge is 0.335 e. The summed E-state index contributed by atoms with van der Waals surface area (Å²) in [5.74, 6) is 1.15. The number of nitrogens with one attached hydrogen (secondary N) is 1. The molecule has 0 amide bonds. The van der Waals surface area contributed by atoms with Crippen LogP contribution in [0.3, 0.4) is 0 Å². The van der Waals surface area contributed by atoms with Crippen LogP contribution in [0.2, 0.25) is 0 Å². The van der Waals surface area contributed by atoms with E-state index in [1.54, 1.807) is 0 Å². The summed E-state index contributed by atoms with van der Waals surface area (Å²) in [5, 5.41) is 4.94. The van der Waals surface area contributed by atoms with E-state index in [2.05, 4.69) is 65.2 Å². The molecule has 21 heavy (non-hydrogen) atoms. The Morgan fingerprint density at radius 1 is 1.29 bits per heavy atom. The number of benzene rings is 1. The van der Waals surface area contributed by atoms with Crippen LogP contribution in [0.25, 0.3) is 10.1 Å². The van der Waals surface area contributed by atoms with Gasteiger partial charge in [0, 0.05) is 41.0 Å². The van der Waals surface area contributed by atoms with Crippen molar-refractivity contribution in [2.45, 2.75) is 32.9 Å². The molecule has 0 spiro atoms. The van der Waals surface area contributed by atoms with Crippen molar-refractivity contribution in [2.24, 2.45) is 0 Å². The summed E-state index contributed by atoms with van der Waals surface area (Å²) in [5.41, 5.74) is 0. The molecule has 0 saturated carbocycles. The lowest BCUT2D eigenvalue weighted by Crippen LogP contribution is -2.23. The zero-order valence-corrected chi connectivity index (χ0v) is 13.4. The molecule has 3 rings (SSSR count). The second kappa shape index (κ2) is 6.41. The summed E-state index contributed by atoms with van der Waals surface area (Å²) in [6.07, 6.45) is 4.89. The number of rotatable bonds is 6. The van der Waals surface area contributed by atoms with Gasteiger partial charge < -0.3 is 9.88 Å². The Morgan fingerprint density at radius 2 is 2.14 bits per heavy atom. The molecular formula is C17H21N3S. The maximum atomic E-state index is 4.52. The predicted octanol–water partition coefficient (Wildman–Crippen LogP) is 4.01. The maximum absolute atomic E-state index is 4.52. The minimum Gasteiger partial charge on any atom is -0.335 e. The average molecular weight is 299 g/mol. The van der Waals surface area contributed by atoms with Gasteiger partial charge in [0.1, 0.15) is 5.82 Å². The molecule has 0 aliphatic rings. The molecule has 0 radical (unpaired) electrons. The van der Waals surface area contributed by atoms with Gasteiger partial charge in [-0.2, -0.15) is 0 Å². The number of thiophene rings is 1. The number of imidazole rings is 1. The van der Waals surface area contributed by atoms with Gasteiger partial charge in [0.05, 0.1) is 0 Å². The highest BCUT2D eigenvalue weighted by Gasteiger charge is 2.16. The minimum absolute atomic E-state index is 0.333. The maximum Gasteiger partial charge on any atom is 0.110 e. The van der Waals surface area contributed by atoms with Crippen molar-refractivity contribution in [1.29, 1.82) is 0 Å². The lowest BCUT2D eigenvalue weighted by atomic mass is 10.1. The van der Waals surface area contributed by atoms with Crippen LogP contribution in [-0.4, -0.2) is 16.1 Å². The molecule has 3 aromatic rings. The fourth-order valence-electron chi connectivity index (χ4n) is 2.69. The van der Waals surface area contributed by atoms with Gasteiger partial charge in [0.15, 0.2) is 0 Å². The molecule has 1 N–H and O–H groups in total. The van der Waals surface area contributed by atoms with E-state index in [4.69, 9.17) is 0 Å². The van der Waals surface area contributed by atoms with E-state index in [1.807, 2.05) is 17.5 Å². The second-order valence-electron chi connectivity index (χ2n) is 5.13. The van der Waals surface area contributed by atoms with Crippen LogP contribution in [0.4, 0.5) is 0 Å². The van der Waals surface area contributed by atoms with Crippen LogP contribution < -0.4 is 5.32 Å². The van der Waals surface area contributed by atoms with Crippen LogP contribution in [0.1, 0.15) is 30.6 Å². The Kier molecular flexibility index (Phi) is 4.36. The van der Waals surface area contributed by atoms with Crippen LogP contribution in [0.15, 0.2) is 42.7 Å². The van der Waals surface area contributed by atoms with E-state index >= 15 is 0 Å². The van der Waals surface area contributed by atoms with E-state index in [1.165, 1.54) is 15.0 Å². The second-order valence-corrected chi connectivity index (χ2v) is 6.25. The molecule has 3 nitrogen and oxygen atoms in total. The SMILES string of the molecule is CCNC(Cc1nccn1CC)c1cc2ccccc2s1. The van der Waals surface area contributed by atoms with Gasteiger partial charge in [-0.25, -0.2) is 4.98 Å². The number of likely N-dealkylation sites (N-methyl/N-ethyl adjacent to an activating group) is 1. The number of aryl methyl sites for hydroxylation is 1. The Bertz CT molecular complexity index is 680. The first kappa shape index (κ1) is 14.3. The summed E-state index contributed by atoms with van der Waals surface area (Å²) < 4.78 is 3.58. The Hall–Kier alpha value is -1.65. The highest BCUT2D eigenvalue weighted by molar-refractivity contribution is 7.19. The number of nitrogens with zero attached hydrogens (tertiary/aromatic N) is 2. The fourth-order valence-corrected chi connectivity index (χ4v) is 3.83. The predicted molar refractivity (Wildman–Crippen MR) is 89.8 cm³/mol. The van der Waals surface area contributed by atoms with Crippen LogP contribution in [-0.2, 0) is 13.0 Å². The van der Waals surface area contributed by atoms with Crippen molar-refractivity contribution in [1.82, 2.24) is 14.9 Å². The molecule has 0 aliphatic heterocycles. The summed E-state index contributed by atoms with van der Waals surface area (Å²) >= 11 is 1.88. The Morgan fingerprint density at radius 3 is 2.90 bits per heavy atom. The fraction of sp³-hybridized carbons (Fsp3) is 0.353. The van der Waals surface area contributed by atoms with Gasteiger partial charge in [-0.3, -0.25) is 0 Å². The molecule has 2 heterocycles. The van der Waals surface area contributed by atoms with Crippen molar-refractivity contribution in [3.63, 3.8) is 0 Å². The molecule has 0 bridgehead atoms. The van der Waals surface area contributed by atoms with Crippen molar-refractivity contribution in [3.05, 3.63) is 53.4 Å². The molecule has 0 fully saturated rings. The summed E-state index contributed by atoms with van der Waals surface area (Å²) in [7, 11) is 0. The third-order valence-corrected chi connectivity index (χ3v) is 5.00. The first-order valence-electron chi connectivity index (χ1n) is 7.53. The first-order chi connectivity index (χ1) is 10.3. The van der Waals surface area contributed by atoms with Gasteiger partial charge in [-0.15, -0.1) is 11.3 Å². The normalized spacial score (nSPS) is 12.9. The van der Waals surface area contributed by atoms with Gasteiger partial charge in [0.2, 0.25) is 0 Å². The molecule has 1 unspecified atom stereocenters. The van der Waals surface area contributed by atoms with Crippen LogP contribution >= 0.6 is 11.3 Å². The van der Waals surface area contributed by atoms with Crippen molar-refractivity contribution in [3.8, 4) is 0 Å². The highest BCUT2D eigenvalue weighted by atomic mass is 32.1. The Labute approximate surface area is 129 Å². The summed E-state index contributed by atoms with van der Waals surface area (Å²) in [6.45, 7) is 6.26. The van der Waals surface area contributed by atoms with E-state index in [9.17, 15) is 0 Å². The van der Waals surface area contributed by atoms with Crippen molar-refractivity contribution < 1.29 is 0 Å². The molecule has 2 aromatic heterocycles. The van der Waals surface area contributed by atoms with E-state index in [-0.39, 0.29) is 0 Å². The summed E-state index contributed by atoms with van der Waals surface area (Å²) in [6, 6.07) is 11.2. The lowest BCUT2D eigenvalue weighted by Gasteiger charge is -2.16. The van der Waals surface area contributed by atoms with Gasteiger partial charge >= 0.3 is 0 Å². The molecule has 4 heteroatoms. The van der Waals surface area contributed by atoms with E-state index in [0.717, 1.165) is 25.3 Å². The number of fused-ring (bicyclic) bond motifs is 1. The smallest absolute Gasteiger partial charge is 0.110 e. The molecule has 1 aromatic carbocycles. The Balaban J connectivity index is 1.90. The third kappa shape index (κ3) is 3.01. The zero-order valence-electron chi connectivity index (χ0n) is 12.5. The van der Waals surface area contributed by atoms with Crippen molar-refractivity contribution in [2.75, 3.05) is 6.54 Å². The van der Waals surface area contributed by atoms with Crippen molar-refractivity contribution >= 4 is 21.4 Å². The molecule has 110 valence electrons. The van der Waals surface area contributed by atoms with Crippen LogP contribution in [0, 0.1) is 0 Å². The minimum atomic E-state index is 0.333. The average Bonchev–Trinajstić information content (AvgIpc) is 3.12. The third-order valence-electron chi connectivity index (χ3n) is 3.77. The monoisotopic (exact) mass is 299 g/mol. The van der Waals surface area contributed by atoms with Gasteiger partial charge in [-0.1, -0.05) is 25.1 Å². The number of aromatic nitrogens is 2. The van der Waals surface area contributed by atoms with E-state index < -0.39 is 0 Å².